The predicted molar refractivity (Wildman–Crippen MR) is 68.8 cm³/mol. The lowest BCUT2D eigenvalue weighted by atomic mass is 9.93. The average molecular weight is 257 g/mol. The number of rotatable bonds is 3. The molecule has 1 aliphatic heterocycles. The van der Waals surface area contributed by atoms with Gasteiger partial charge in [-0.1, -0.05) is 23.7 Å². The quantitative estimate of drug-likeness (QED) is 0.895. The number of halogens is 2. The molecular weight excluding hydrogens is 239 g/mol. The van der Waals surface area contributed by atoms with E-state index in [0.717, 1.165) is 25.1 Å². The van der Waals surface area contributed by atoms with Gasteiger partial charge >= 0.3 is 0 Å². The molecule has 0 saturated carbocycles. The first-order valence-electron chi connectivity index (χ1n) is 5.94. The zero-order valence-corrected chi connectivity index (χ0v) is 11.0. The average Bonchev–Trinajstić information content (AvgIpc) is 2.65. The summed E-state index contributed by atoms with van der Waals surface area (Å²) in [7, 11) is 3.98. The molecule has 1 saturated heterocycles. The van der Waals surface area contributed by atoms with Crippen LogP contribution in [0.4, 0.5) is 4.39 Å². The van der Waals surface area contributed by atoms with Crippen molar-refractivity contribution in [2.24, 2.45) is 5.92 Å². The summed E-state index contributed by atoms with van der Waals surface area (Å²) < 4.78 is 14.1. The normalized spacial score (nSPS) is 25.4. The largest absolute Gasteiger partial charge is 0.319 e. The highest BCUT2D eigenvalue weighted by molar-refractivity contribution is 6.30. The van der Waals surface area contributed by atoms with Crippen molar-refractivity contribution < 1.29 is 4.39 Å². The van der Waals surface area contributed by atoms with Gasteiger partial charge in [0.05, 0.1) is 5.02 Å². The smallest absolute Gasteiger partial charge is 0.146 e. The fourth-order valence-corrected chi connectivity index (χ4v) is 2.92. The Kier molecular flexibility index (Phi) is 4.02. The van der Waals surface area contributed by atoms with Gasteiger partial charge in [-0.15, -0.1) is 0 Å². The molecule has 2 nitrogen and oxygen atoms in total. The molecule has 1 aromatic rings. The highest BCUT2D eigenvalue weighted by Gasteiger charge is 2.34. The number of hydrogen-bond donors (Lipinski definition) is 1. The van der Waals surface area contributed by atoms with Crippen LogP contribution < -0.4 is 5.32 Å². The van der Waals surface area contributed by atoms with Crippen LogP contribution in [-0.4, -0.2) is 32.1 Å². The zero-order chi connectivity index (χ0) is 12.4. The van der Waals surface area contributed by atoms with E-state index in [1.54, 1.807) is 6.07 Å². The topological polar surface area (TPSA) is 15.3 Å². The molecule has 0 aliphatic carbocycles. The van der Waals surface area contributed by atoms with E-state index in [4.69, 9.17) is 11.6 Å². The van der Waals surface area contributed by atoms with Crippen molar-refractivity contribution in [2.75, 3.05) is 27.2 Å². The Labute approximate surface area is 107 Å². The van der Waals surface area contributed by atoms with Gasteiger partial charge in [-0.25, -0.2) is 4.39 Å². The minimum absolute atomic E-state index is 0.126. The summed E-state index contributed by atoms with van der Waals surface area (Å²) in [6.45, 7) is 1.91. The maximum atomic E-state index is 14.1. The molecule has 1 aliphatic rings. The van der Waals surface area contributed by atoms with Gasteiger partial charge in [-0.05, 0) is 45.6 Å². The molecule has 1 N–H and O–H groups in total. The van der Waals surface area contributed by atoms with Crippen molar-refractivity contribution in [3.8, 4) is 0 Å². The van der Waals surface area contributed by atoms with E-state index in [1.165, 1.54) is 0 Å². The van der Waals surface area contributed by atoms with Crippen LogP contribution in [0.5, 0.6) is 0 Å². The summed E-state index contributed by atoms with van der Waals surface area (Å²) in [5.41, 5.74) is 0.720. The van der Waals surface area contributed by atoms with E-state index >= 15 is 0 Å². The molecule has 94 valence electrons. The first-order valence-corrected chi connectivity index (χ1v) is 6.31. The zero-order valence-electron chi connectivity index (χ0n) is 10.2. The summed E-state index contributed by atoms with van der Waals surface area (Å²) in [6, 6.07) is 5.39. The second kappa shape index (κ2) is 5.34. The summed E-state index contributed by atoms with van der Waals surface area (Å²) in [5.74, 6) is 0.173. The minimum Gasteiger partial charge on any atom is -0.319 e. The lowest BCUT2D eigenvalue weighted by Gasteiger charge is -2.26. The van der Waals surface area contributed by atoms with Crippen LogP contribution in [0, 0.1) is 11.7 Å². The Morgan fingerprint density at radius 3 is 3.00 bits per heavy atom. The highest BCUT2D eigenvalue weighted by Crippen LogP contribution is 2.38. The Morgan fingerprint density at radius 2 is 2.29 bits per heavy atom. The molecule has 1 fully saturated rings. The van der Waals surface area contributed by atoms with Crippen molar-refractivity contribution in [3.63, 3.8) is 0 Å². The molecule has 4 heteroatoms. The van der Waals surface area contributed by atoms with Gasteiger partial charge in [0, 0.05) is 11.6 Å². The van der Waals surface area contributed by atoms with Crippen LogP contribution in [0.1, 0.15) is 18.0 Å². The van der Waals surface area contributed by atoms with Crippen molar-refractivity contribution in [3.05, 3.63) is 34.6 Å². The van der Waals surface area contributed by atoms with Crippen LogP contribution in [-0.2, 0) is 0 Å². The summed E-state index contributed by atoms with van der Waals surface area (Å²) in [4.78, 5) is 2.21. The maximum absolute atomic E-state index is 14.1. The van der Waals surface area contributed by atoms with Crippen LogP contribution >= 0.6 is 11.6 Å². The minimum atomic E-state index is -0.269. The van der Waals surface area contributed by atoms with E-state index in [9.17, 15) is 4.39 Å². The van der Waals surface area contributed by atoms with Crippen LogP contribution in [0.15, 0.2) is 18.2 Å². The monoisotopic (exact) mass is 256 g/mol. The van der Waals surface area contributed by atoms with E-state index < -0.39 is 0 Å². The second-order valence-corrected chi connectivity index (χ2v) is 5.08. The van der Waals surface area contributed by atoms with Gasteiger partial charge in [0.2, 0.25) is 0 Å². The molecule has 0 aromatic heterocycles. The van der Waals surface area contributed by atoms with Gasteiger partial charge < -0.3 is 5.32 Å². The van der Waals surface area contributed by atoms with Gasteiger partial charge in [0.1, 0.15) is 5.82 Å². The van der Waals surface area contributed by atoms with Crippen molar-refractivity contribution in [2.45, 2.75) is 12.5 Å². The van der Waals surface area contributed by atoms with Gasteiger partial charge in [0.15, 0.2) is 0 Å². The van der Waals surface area contributed by atoms with Gasteiger partial charge in [0.25, 0.3) is 0 Å². The molecule has 17 heavy (non-hydrogen) atoms. The maximum Gasteiger partial charge on any atom is 0.146 e. The summed E-state index contributed by atoms with van der Waals surface area (Å²) >= 11 is 5.86. The van der Waals surface area contributed by atoms with Crippen molar-refractivity contribution >= 4 is 11.6 Å². The molecular formula is C13H18ClFN2. The SMILES string of the molecule is CNCC1CCN(C)C1c1cccc(Cl)c1F. The molecule has 2 rings (SSSR count). The van der Waals surface area contributed by atoms with Crippen molar-refractivity contribution in [1.82, 2.24) is 10.2 Å². The van der Waals surface area contributed by atoms with Crippen LogP contribution in [0.25, 0.3) is 0 Å². The van der Waals surface area contributed by atoms with E-state index in [0.29, 0.717) is 5.92 Å². The standard InChI is InChI=1S/C13H18ClFN2/c1-16-8-9-6-7-17(2)13(9)10-4-3-5-11(14)12(10)15/h3-5,9,13,16H,6-8H2,1-2H3. The Morgan fingerprint density at radius 1 is 1.53 bits per heavy atom. The fraction of sp³-hybridized carbons (Fsp3) is 0.538. The van der Waals surface area contributed by atoms with Crippen LogP contribution in [0.3, 0.4) is 0 Å². The third-order valence-corrected chi connectivity index (χ3v) is 3.83. The molecule has 2 atom stereocenters. The first kappa shape index (κ1) is 12.8. The predicted octanol–water partition coefficient (Wildman–Crippen LogP) is 2.69. The Bertz CT molecular complexity index is 395. The highest BCUT2D eigenvalue weighted by atomic mass is 35.5. The van der Waals surface area contributed by atoms with Crippen molar-refractivity contribution in [1.29, 1.82) is 0 Å². The fourth-order valence-electron chi connectivity index (χ4n) is 2.74. The van der Waals surface area contributed by atoms with Gasteiger partial charge in [-0.2, -0.15) is 0 Å². The van der Waals surface area contributed by atoms with Gasteiger partial charge in [-0.3, -0.25) is 4.90 Å². The van der Waals surface area contributed by atoms with E-state index in [-0.39, 0.29) is 16.9 Å². The number of hydrogen-bond acceptors (Lipinski definition) is 2. The van der Waals surface area contributed by atoms with Crippen LogP contribution in [0.2, 0.25) is 5.02 Å². The van der Waals surface area contributed by atoms with E-state index in [1.807, 2.05) is 26.2 Å². The number of likely N-dealkylation sites (tertiary alicyclic amines) is 1. The lowest BCUT2D eigenvalue weighted by Crippen LogP contribution is -2.27. The lowest BCUT2D eigenvalue weighted by molar-refractivity contribution is 0.267. The Hall–Kier alpha value is -0.640. The Balaban J connectivity index is 2.33. The number of benzene rings is 1. The molecule has 2 unspecified atom stereocenters. The number of nitrogens with one attached hydrogen (secondary N) is 1. The number of nitrogens with zero attached hydrogens (tertiary/aromatic N) is 1. The molecule has 0 amide bonds. The molecule has 0 radical (unpaired) electrons. The molecule has 1 heterocycles. The third-order valence-electron chi connectivity index (χ3n) is 3.54. The second-order valence-electron chi connectivity index (χ2n) is 4.67. The molecule has 1 aromatic carbocycles. The van der Waals surface area contributed by atoms with E-state index in [2.05, 4.69) is 10.2 Å². The third kappa shape index (κ3) is 2.46. The molecule has 0 spiro atoms. The molecule has 0 bridgehead atoms. The summed E-state index contributed by atoms with van der Waals surface area (Å²) in [5, 5.41) is 3.40. The first-order chi connectivity index (χ1) is 8.15. The summed E-state index contributed by atoms with van der Waals surface area (Å²) in [6.07, 6.45) is 1.09.